The molecule has 0 aromatic heterocycles. The number of hydrogen-bond donors (Lipinski definition) is 1. The van der Waals surface area contributed by atoms with Crippen LogP contribution in [0.15, 0.2) is 0 Å². The van der Waals surface area contributed by atoms with E-state index in [2.05, 4.69) is 4.74 Å². The summed E-state index contributed by atoms with van der Waals surface area (Å²) >= 11 is 0. The van der Waals surface area contributed by atoms with Gasteiger partial charge in [-0.1, -0.05) is 6.92 Å². The van der Waals surface area contributed by atoms with Gasteiger partial charge in [0.1, 0.15) is 6.61 Å². The molecule has 0 aromatic carbocycles. The fourth-order valence-electron chi connectivity index (χ4n) is 1.11. The van der Waals surface area contributed by atoms with Crippen LogP contribution in [0.2, 0.25) is 0 Å². The van der Waals surface area contributed by atoms with Gasteiger partial charge in [-0.05, 0) is 13.3 Å². The summed E-state index contributed by atoms with van der Waals surface area (Å²) in [6.45, 7) is 1.73. The van der Waals surface area contributed by atoms with E-state index in [4.69, 9.17) is 5.73 Å². The summed E-state index contributed by atoms with van der Waals surface area (Å²) in [6, 6.07) is 0. The Morgan fingerprint density at radius 3 is 2.29 bits per heavy atom. The van der Waals surface area contributed by atoms with Crippen molar-refractivity contribution in [2.75, 3.05) is 6.61 Å². The van der Waals surface area contributed by atoms with E-state index in [1.54, 1.807) is 6.92 Å². The minimum atomic E-state index is -4.37. The molecule has 0 saturated carbocycles. The second-order valence-corrected chi connectivity index (χ2v) is 3.05. The number of primary amides is 1. The SMILES string of the molecule is CCC(C(N)=O)[C@H](C)OCC(F)(F)F. The van der Waals surface area contributed by atoms with E-state index >= 15 is 0 Å². The Morgan fingerprint density at radius 2 is 2.00 bits per heavy atom. The fourth-order valence-corrected chi connectivity index (χ4v) is 1.11. The van der Waals surface area contributed by atoms with Crippen LogP contribution in [0.3, 0.4) is 0 Å². The van der Waals surface area contributed by atoms with E-state index in [1.165, 1.54) is 6.92 Å². The number of halogens is 3. The van der Waals surface area contributed by atoms with E-state index in [0.717, 1.165) is 0 Å². The van der Waals surface area contributed by atoms with E-state index in [9.17, 15) is 18.0 Å². The minimum Gasteiger partial charge on any atom is -0.369 e. The summed E-state index contributed by atoms with van der Waals surface area (Å²) in [5.41, 5.74) is 4.99. The third kappa shape index (κ3) is 5.06. The van der Waals surface area contributed by atoms with Crippen molar-refractivity contribution in [3.8, 4) is 0 Å². The molecule has 84 valence electrons. The minimum absolute atomic E-state index is 0.369. The first-order valence-corrected chi connectivity index (χ1v) is 4.25. The third-order valence-corrected chi connectivity index (χ3v) is 1.88. The number of hydrogen-bond acceptors (Lipinski definition) is 2. The predicted octanol–water partition coefficient (Wildman–Crippen LogP) is 1.47. The zero-order valence-electron chi connectivity index (χ0n) is 8.10. The molecule has 0 bridgehead atoms. The van der Waals surface area contributed by atoms with Gasteiger partial charge in [0, 0.05) is 0 Å². The highest BCUT2D eigenvalue weighted by atomic mass is 19.4. The maximum Gasteiger partial charge on any atom is 0.411 e. The van der Waals surface area contributed by atoms with Crippen LogP contribution in [0, 0.1) is 5.92 Å². The highest BCUT2D eigenvalue weighted by molar-refractivity contribution is 5.77. The Bertz CT molecular complexity index is 194. The zero-order chi connectivity index (χ0) is 11.4. The molecule has 0 radical (unpaired) electrons. The van der Waals surface area contributed by atoms with Crippen LogP contribution >= 0.6 is 0 Å². The Labute approximate surface area is 80.4 Å². The molecule has 1 amide bonds. The molecule has 14 heavy (non-hydrogen) atoms. The monoisotopic (exact) mass is 213 g/mol. The van der Waals surface area contributed by atoms with Crippen LogP contribution in [0.25, 0.3) is 0 Å². The molecule has 2 N–H and O–H groups in total. The normalized spacial score (nSPS) is 16.4. The number of alkyl halides is 3. The van der Waals surface area contributed by atoms with Crippen molar-refractivity contribution in [3.05, 3.63) is 0 Å². The topological polar surface area (TPSA) is 52.3 Å². The Morgan fingerprint density at radius 1 is 1.50 bits per heavy atom. The predicted molar refractivity (Wildman–Crippen MR) is 44.4 cm³/mol. The van der Waals surface area contributed by atoms with E-state index in [-0.39, 0.29) is 0 Å². The van der Waals surface area contributed by atoms with Crippen molar-refractivity contribution < 1.29 is 22.7 Å². The summed E-state index contributed by atoms with van der Waals surface area (Å²) in [6.07, 6.45) is -4.81. The van der Waals surface area contributed by atoms with E-state index < -0.39 is 30.7 Å². The molecule has 0 fully saturated rings. The molecule has 3 nitrogen and oxygen atoms in total. The third-order valence-electron chi connectivity index (χ3n) is 1.88. The van der Waals surface area contributed by atoms with Gasteiger partial charge in [0.25, 0.3) is 0 Å². The average molecular weight is 213 g/mol. The quantitative estimate of drug-likeness (QED) is 0.751. The van der Waals surface area contributed by atoms with Crippen molar-refractivity contribution in [2.45, 2.75) is 32.5 Å². The van der Waals surface area contributed by atoms with Crippen LogP contribution in [0.4, 0.5) is 13.2 Å². The van der Waals surface area contributed by atoms with Crippen LogP contribution in [-0.4, -0.2) is 24.8 Å². The lowest BCUT2D eigenvalue weighted by molar-refractivity contribution is -0.189. The number of carbonyl (C=O) groups is 1. The average Bonchev–Trinajstić information content (AvgIpc) is 2.00. The van der Waals surface area contributed by atoms with Crippen LogP contribution in [0.5, 0.6) is 0 Å². The second-order valence-electron chi connectivity index (χ2n) is 3.05. The van der Waals surface area contributed by atoms with Crippen LogP contribution in [-0.2, 0) is 9.53 Å². The van der Waals surface area contributed by atoms with Crippen LogP contribution < -0.4 is 5.73 Å². The molecule has 0 aliphatic carbocycles. The Kier molecular flexibility index (Phi) is 4.90. The van der Waals surface area contributed by atoms with Gasteiger partial charge in [0.2, 0.25) is 5.91 Å². The summed E-state index contributed by atoms with van der Waals surface area (Å²) in [4.78, 5) is 10.8. The number of rotatable bonds is 5. The second kappa shape index (κ2) is 5.19. The van der Waals surface area contributed by atoms with Crippen molar-refractivity contribution in [1.29, 1.82) is 0 Å². The lowest BCUT2D eigenvalue weighted by atomic mass is 10.0. The Balaban J connectivity index is 4.05. The van der Waals surface area contributed by atoms with Crippen LogP contribution in [0.1, 0.15) is 20.3 Å². The largest absolute Gasteiger partial charge is 0.411 e. The van der Waals surface area contributed by atoms with E-state index in [1.807, 2.05) is 0 Å². The summed E-state index contributed by atoms with van der Waals surface area (Å²) < 4.78 is 39.7. The molecule has 0 aliphatic heterocycles. The maximum absolute atomic E-state index is 11.7. The first-order chi connectivity index (χ1) is 6.28. The summed E-state index contributed by atoms with van der Waals surface area (Å²) in [5.74, 6) is -1.31. The molecule has 6 heteroatoms. The lowest BCUT2D eigenvalue weighted by Gasteiger charge is -2.20. The molecule has 0 spiro atoms. The fraction of sp³-hybridized carbons (Fsp3) is 0.875. The molecule has 0 rings (SSSR count). The van der Waals surface area contributed by atoms with Gasteiger partial charge in [0.05, 0.1) is 12.0 Å². The van der Waals surface area contributed by atoms with Crippen molar-refractivity contribution in [1.82, 2.24) is 0 Å². The van der Waals surface area contributed by atoms with Gasteiger partial charge >= 0.3 is 6.18 Å². The first kappa shape index (κ1) is 13.2. The zero-order valence-corrected chi connectivity index (χ0v) is 8.10. The summed E-state index contributed by atoms with van der Waals surface area (Å²) in [5, 5.41) is 0. The van der Waals surface area contributed by atoms with Gasteiger partial charge in [-0.25, -0.2) is 0 Å². The van der Waals surface area contributed by atoms with Gasteiger partial charge in [0.15, 0.2) is 0 Å². The molecule has 0 heterocycles. The van der Waals surface area contributed by atoms with E-state index in [0.29, 0.717) is 6.42 Å². The smallest absolute Gasteiger partial charge is 0.369 e. The highest BCUT2D eigenvalue weighted by Gasteiger charge is 2.31. The molecule has 0 saturated heterocycles. The first-order valence-electron chi connectivity index (χ1n) is 4.25. The van der Waals surface area contributed by atoms with Gasteiger partial charge in [-0.15, -0.1) is 0 Å². The van der Waals surface area contributed by atoms with Crippen molar-refractivity contribution in [3.63, 3.8) is 0 Å². The molecule has 0 aromatic rings. The van der Waals surface area contributed by atoms with Crippen molar-refractivity contribution in [2.24, 2.45) is 11.7 Å². The van der Waals surface area contributed by atoms with Gasteiger partial charge < -0.3 is 10.5 Å². The van der Waals surface area contributed by atoms with Gasteiger partial charge in [-0.3, -0.25) is 4.79 Å². The molecular formula is C8H14F3NO2. The number of nitrogens with two attached hydrogens (primary N) is 1. The number of carbonyl (C=O) groups excluding carboxylic acids is 1. The molecule has 2 atom stereocenters. The standard InChI is InChI=1S/C8H14F3NO2/c1-3-6(7(12)13)5(2)14-4-8(9,10)11/h5-6H,3-4H2,1-2H3,(H2,12,13)/t5-,6?/m0/s1. The molecule has 1 unspecified atom stereocenters. The number of ether oxygens (including phenoxy) is 1. The Hall–Kier alpha value is -0.780. The summed E-state index contributed by atoms with van der Waals surface area (Å²) in [7, 11) is 0. The molecular weight excluding hydrogens is 199 g/mol. The molecule has 0 aliphatic rings. The maximum atomic E-state index is 11.7. The number of amides is 1. The lowest BCUT2D eigenvalue weighted by Crippen LogP contribution is -2.35. The van der Waals surface area contributed by atoms with Gasteiger partial charge in [-0.2, -0.15) is 13.2 Å². The highest BCUT2D eigenvalue weighted by Crippen LogP contribution is 2.18. The van der Waals surface area contributed by atoms with Crippen molar-refractivity contribution >= 4 is 5.91 Å².